The van der Waals surface area contributed by atoms with Crippen molar-refractivity contribution in [1.29, 1.82) is 0 Å². The number of nitrogens with zero attached hydrogens (tertiary/aromatic N) is 1. The van der Waals surface area contributed by atoms with E-state index < -0.39 is 0 Å². The first-order valence-corrected chi connectivity index (χ1v) is 7.52. The van der Waals surface area contributed by atoms with E-state index in [2.05, 4.69) is 5.32 Å². The van der Waals surface area contributed by atoms with Crippen LogP contribution in [-0.2, 0) is 7.05 Å². The topological polar surface area (TPSA) is 43.3 Å². The van der Waals surface area contributed by atoms with Gasteiger partial charge in [0.2, 0.25) is 0 Å². The lowest BCUT2D eigenvalue weighted by Crippen LogP contribution is -2.20. The van der Waals surface area contributed by atoms with Crippen LogP contribution in [0.15, 0.2) is 47.3 Å². The number of aromatic nitrogens is 1. The van der Waals surface area contributed by atoms with Gasteiger partial charge in [-0.3, -0.25) is 4.79 Å². The molecule has 0 saturated carbocycles. The third kappa shape index (κ3) is 2.68. The zero-order valence-electron chi connectivity index (χ0n) is 13.8. The van der Waals surface area contributed by atoms with Crippen LogP contribution in [0.4, 0.5) is 11.4 Å². The number of nitrogens with one attached hydrogen (secondary N) is 1. The van der Waals surface area contributed by atoms with E-state index in [9.17, 15) is 4.79 Å². The minimum atomic E-state index is -0.0547. The van der Waals surface area contributed by atoms with Crippen molar-refractivity contribution >= 4 is 22.3 Å². The lowest BCUT2D eigenvalue weighted by Gasteiger charge is -2.14. The number of aryl methyl sites for hydroxylation is 2. The molecule has 3 rings (SSSR count). The molecule has 23 heavy (non-hydrogen) atoms. The molecule has 4 nitrogen and oxygen atoms in total. The molecule has 0 aliphatic rings. The number of ether oxygens (including phenoxy) is 1. The van der Waals surface area contributed by atoms with Gasteiger partial charge in [0.25, 0.3) is 5.56 Å². The van der Waals surface area contributed by atoms with Crippen molar-refractivity contribution in [2.75, 3.05) is 12.4 Å². The van der Waals surface area contributed by atoms with E-state index in [1.165, 1.54) is 0 Å². The Labute approximate surface area is 135 Å². The first-order valence-electron chi connectivity index (χ1n) is 7.52. The summed E-state index contributed by atoms with van der Waals surface area (Å²) in [6.07, 6.45) is 0. The molecule has 0 aliphatic heterocycles. The number of para-hydroxylation sites is 1. The average Bonchev–Trinajstić information content (AvgIpc) is 2.55. The lowest BCUT2D eigenvalue weighted by atomic mass is 10.1. The zero-order chi connectivity index (χ0) is 16.6. The van der Waals surface area contributed by atoms with Crippen LogP contribution in [-0.4, -0.2) is 11.7 Å². The highest BCUT2D eigenvalue weighted by Crippen LogP contribution is 2.28. The Morgan fingerprint density at radius 2 is 1.83 bits per heavy atom. The fraction of sp³-hybridized carbons (Fsp3) is 0.211. The van der Waals surface area contributed by atoms with E-state index in [0.29, 0.717) is 5.69 Å². The number of pyridine rings is 1. The van der Waals surface area contributed by atoms with Gasteiger partial charge in [-0.1, -0.05) is 18.2 Å². The maximum Gasteiger partial charge on any atom is 0.274 e. The molecule has 0 fully saturated rings. The summed E-state index contributed by atoms with van der Waals surface area (Å²) in [5.41, 5.74) is 4.48. The van der Waals surface area contributed by atoms with Gasteiger partial charge in [-0.25, -0.2) is 0 Å². The molecular weight excluding hydrogens is 288 g/mol. The van der Waals surface area contributed by atoms with Crippen LogP contribution in [0.1, 0.15) is 11.1 Å². The summed E-state index contributed by atoms with van der Waals surface area (Å²) in [4.78, 5) is 12.6. The highest BCUT2D eigenvalue weighted by Gasteiger charge is 2.09. The van der Waals surface area contributed by atoms with Gasteiger partial charge in [-0.15, -0.1) is 0 Å². The van der Waals surface area contributed by atoms with Crippen molar-refractivity contribution in [3.05, 3.63) is 63.9 Å². The summed E-state index contributed by atoms with van der Waals surface area (Å²) >= 11 is 0. The van der Waals surface area contributed by atoms with Gasteiger partial charge in [-0.2, -0.15) is 0 Å². The van der Waals surface area contributed by atoms with Crippen molar-refractivity contribution in [1.82, 2.24) is 4.57 Å². The summed E-state index contributed by atoms with van der Waals surface area (Å²) in [5.74, 6) is 0.810. The van der Waals surface area contributed by atoms with E-state index in [-0.39, 0.29) is 5.56 Å². The van der Waals surface area contributed by atoms with E-state index >= 15 is 0 Å². The molecule has 0 aliphatic carbocycles. The van der Waals surface area contributed by atoms with Crippen molar-refractivity contribution in [3.63, 3.8) is 0 Å². The van der Waals surface area contributed by atoms with Crippen LogP contribution in [0.5, 0.6) is 5.75 Å². The largest absolute Gasteiger partial charge is 0.496 e. The van der Waals surface area contributed by atoms with Gasteiger partial charge in [0.1, 0.15) is 11.4 Å². The maximum atomic E-state index is 12.6. The SMILES string of the molecule is COc1cc(Nc2cc3ccccc3n(C)c2=O)cc(C)c1C. The van der Waals surface area contributed by atoms with Crippen molar-refractivity contribution in [2.24, 2.45) is 7.05 Å². The van der Waals surface area contributed by atoms with Gasteiger partial charge < -0.3 is 14.6 Å². The second kappa shape index (κ2) is 5.80. The molecule has 0 atom stereocenters. The van der Waals surface area contributed by atoms with Gasteiger partial charge in [0.15, 0.2) is 0 Å². The second-order valence-corrected chi connectivity index (χ2v) is 5.73. The number of anilines is 2. The fourth-order valence-electron chi connectivity index (χ4n) is 2.78. The molecule has 0 saturated heterocycles. The van der Waals surface area contributed by atoms with Crippen LogP contribution < -0.4 is 15.6 Å². The predicted molar refractivity (Wildman–Crippen MR) is 94.9 cm³/mol. The highest BCUT2D eigenvalue weighted by atomic mass is 16.5. The number of fused-ring (bicyclic) bond motifs is 1. The van der Waals surface area contributed by atoms with Crippen LogP contribution in [0.2, 0.25) is 0 Å². The third-order valence-corrected chi connectivity index (χ3v) is 4.25. The van der Waals surface area contributed by atoms with Crippen LogP contribution in [0.3, 0.4) is 0 Å². The fourth-order valence-corrected chi connectivity index (χ4v) is 2.78. The summed E-state index contributed by atoms with van der Waals surface area (Å²) < 4.78 is 7.07. The van der Waals surface area contributed by atoms with Gasteiger partial charge >= 0.3 is 0 Å². The molecule has 1 aromatic heterocycles. The number of methoxy groups -OCH3 is 1. The monoisotopic (exact) mass is 308 g/mol. The highest BCUT2D eigenvalue weighted by molar-refractivity contribution is 5.83. The average molecular weight is 308 g/mol. The molecular formula is C19H20N2O2. The van der Waals surface area contributed by atoms with Gasteiger partial charge in [0.05, 0.1) is 12.6 Å². The molecule has 0 spiro atoms. The lowest BCUT2D eigenvalue weighted by molar-refractivity contribution is 0.411. The van der Waals surface area contributed by atoms with E-state index in [1.54, 1.807) is 18.7 Å². The summed E-state index contributed by atoms with van der Waals surface area (Å²) in [5, 5.41) is 4.26. The Bertz CT molecular complexity index is 942. The quantitative estimate of drug-likeness (QED) is 0.798. The Balaban J connectivity index is 2.10. The van der Waals surface area contributed by atoms with Gasteiger partial charge in [0, 0.05) is 24.2 Å². The standard InChI is InChI=1S/C19H20N2O2/c1-12-9-15(11-18(23-4)13(12)2)20-16-10-14-7-5-6-8-17(14)21(3)19(16)22/h5-11,20H,1-4H3. The second-order valence-electron chi connectivity index (χ2n) is 5.73. The molecule has 0 radical (unpaired) electrons. The Hall–Kier alpha value is -2.75. The molecule has 0 bridgehead atoms. The van der Waals surface area contributed by atoms with Crippen LogP contribution in [0, 0.1) is 13.8 Å². The minimum absolute atomic E-state index is 0.0547. The number of hydrogen-bond donors (Lipinski definition) is 1. The van der Waals surface area contributed by atoms with Crippen molar-refractivity contribution in [3.8, 4) is 5.75 Å². The van der Waals surface area contributed by atoms with E-state index in [1.807, 2.05) is 56.3 Å². The molecule has 1 heterocycles. The Kier molecular flexibility index (Phi) is 3.82. The Morgan fingerprint density at radius 1 is 1.09 bits per heavy atom. The third-order valence-electron chi connectivity index (χ3n) is 4.25. The molecule has 2 aromatic carbocycles. The number of benzene rings is 2. The van der Waals surface area contributed by atoms with Crippen LogP contribution in [0.25, 0.3) is 10.9 Å². The molecule has 3 aromatic rings. The number of rotatable bonds is 3. The van der Waals surface area contributed by atoms with E-state index in [4.69, 9.17) is 4.74 Å². The van der Waals surface area contributed by atoms with Gasteiger partial charge in [-0.05, 0) is 43.2 Å². The normalized spacial score (nSPS) is 10.8. The first-order chi connectivity index (χ1) is 11.0. The molecule has 1 N–H and O–H groups in total. The summed E-state index contributed by atoms with van der Waals surface area (Å²) in [7, 11) is 3.44. The predicted octanol–water partition coefficient (Wildman–Crippen LogP) is 3.91. The first kappa shape index (κ1) is 15.2. The molecule has 4 heteroatoms. The molecule has 118 valence electrons. The van der Waals surface area contributed by atoms with Crippen molar-refractivity contribution < 1.29 is 4.74 Å². The van der Waals surface area contributed by atoms with Crippen molar-refractivity contribution in [2.45, 2.75) is 13.8 Å². The Morgan fingerprint density at radius 3 is 2.57 bits per heavy atom. The zero-order valence-corrected chi connectivity index (χ0v) is 13.8. The molecule has 0 amide bonds. The van der Waals surface area contributed by atoms with Crippen LogP contribution >= 0.6 is 0 Å². The summed E-state index contributed by atoms with van der Waals surface area (Å²) in [6.45, 7) is 4.05. The van der Waals surface area contributed by atoms with E-state index in [0.717, 1.165) is 33.5 Å². The number of hydrogen-bond acceptors (Lipinski definition) is 3. The smallest absolute Gasteiger partial charge is 0.274 e. The minimum Gasteiger partial charge on any atom is -0.496 e. The summed E-state index contributed by atoms with van der Waals surface area (Å²) in [6, 6.07) is 13.7. The maximum absolute atomic E-state index is 12.6. The molecule has 0 unspecified atom stereocenters.